The van der Waals surface area contributed by atoms with Crippen LogP contribution < -0.4 is 5.32 Å². The second kappa shape index (κ2) is 8.88. The smallest absolute Gasteiger partial charge is 0.331 e. The van der Waals surface area contributed by atoms with Gasteiger partial charge in [0.1, 0.15) is 0 Å². The molecule has 0 aromatic heterocycles. The second-order valence-electron chi connectivity index (χ2n) is 6.34. The lowest BCUT2D eigenvalue weighted by molar-refractivity contribution is -0.150. The highest BCUT2D eigenvalue weighted by Crippen LogP contribution is 2.23. The van der Waals surface area contributed by atoms with Gasteiger partial charge in [0.25, 0.3) is 5.91 Å². The van der Waals surface area contributed by atoms with E-state index in [-0.39, 0.29) is 11.9 Å². The third-order valence-corrected chi connectivity index (χ3v) is 4.64. The lowest BCUT2D eigenvalue weighted by atomic mass is 9.86. The van der Waals surface area contributed by atoms with Crippen LogP contribution >= 0.6 is 11.6 Å². The van der Waals surface area contributed by atoms with Crippen LogP contribution in [-0.2, 0) is 14.3 Å². The number of carbonyl (C=O) groups is 2. The van der Waals surface area contributed by atoms with Gasteiger partial charge in [-0.2, -0.15) is 0 Å². The number of hydrogen-bond donors (Lipinski definition) is 1. The van der Waals surface area contributed by atoms with E-state index in [1.54, 1.807) is 37.3 Å². The molecule has 1 aromatic carbocycles. The van der Waals surface area contributed by atoms with E-state index >= 15 is 0 Å². The first kappa shape index (κ1) is 18.5. The van der Waals surface area contributed by atoms with Gasteiger partial charge in [0.2, 0.25) is 0 Å². The summed E-state index contributed by atoms with van der Waals surface area (Å²) in [6, 6.07) is 7.26. The average Bonchev–Trinajstić information content (AvgIpc) is 2.56. The lowest BCUT2D eigenvalue weighted by Gasteiger charge is -2.30. The van der Waals surface area contributed by atoms with Crippen molar-refractivity contribution >= 4 is 29.6 Å². The number of rotatable bonds is 5. The molecule has 1 aliphatic carbocycles. The molecule has 1 aliphatic rings. The van der Waals surface area contributed by atoms with Crippen molar-refractivity contribution in [3.63, 3.8) is 0 Å². The third kappa shape index (κ3) is 5.68. The van der Waals surface area contributed by atoms with Crippen LogP contribution in [0, 0.1) is 5.92 Å². The number of amides is 1. The summed E-state index contributed by atoms with van der Waals surface area (Å²) >= 11 is 5.81. The number of nitrogens with one attached hydrogen (secondary N) is 1. The molecule has 1 fully saturated rings. The first-order valence-electron chi connectivity index (χ1n) is 8.40. The van der Waals surface area contributed by atoms with Gasteiger partial charge in [-0.1, -0.05) is 43.5 Å². The standard InChI is InChI=1S/C19H24ClNO3/c1-13-5-3-4-6-17(13)21-19(23)14(2)24-18(22)12-9-15-7-10-16(20)11-8-15/h7-14,17H,3-6H2,1-2H3,(H,21,23)/b12-9+/t13-,14-,17-/m1/s1. The predicted molar refractivity (Wildman–Crippen MR) is 95.6 cm³/mol. The Morgan fingerprint density at radius 2 is 1.92 bits per heavy atom. The molecule has 0 spiro atoms. The Bertz CT molecular complexity index is 597. The molecule has 130 valence electrons. The number of halogens is 1. The van der Waals surface area contributed by atoms with E-state index in [4.69, 9.17) is 16.3 Å². The monoisotopic (exact) mass is 349 g/mol. The summed E-state index contributed by atoms with van der Waals surface area (Å²) in [5.41, 5.74) is 0.837. The summed E-state index contributed by atoms with van der Waals surface area (Å²) in [5, 5.41) is 3.63. The van der Waals surface area contributed by atoms with Crippen molar-refractivity contribution in [1.29, 1.82) is 0 Å². The molecule has 4 nitrogen and oxygen atoms in total. The Labute approximate surface area is 148 Å². The van der Waals surface area contributed by atoms with E-state index in [0.29, 0.717) is 10.9 Å². The van der Waals surface area contributed by atoms with Crippen LogP contribution in [0.25, 0.3) is 6.08 Å². The fourth-order valence-corrected chi connectivity index (χ4v) is 2.96. The summed E-state index contributed by atoms with van der Waals surface area (Å²) in [4.78, 5) is 24.0. The minimum absolute atomic E-state index is 0.178. The number of esters is 1. The van der Waals surface area contributed by atoms with E-state index in [1.807, 2.05) is 0 Å². The molecule has 0 unspecified atom stereocenters. The maximum absolute atomic E-state index is 12.2. The summed E-state index contributed by atoms with van der Waals surface area (Å²) in [5.74, 6) is -0.304. The first-order chi connectivity index (χ1) is 11.5. The Balaban J connectivity index is 1.81. The van der Waals surface area contributed by atoms with Crippen LogP contribution in [-0.4, -0.2) is 24.0 Å². The van der Waals surface area contributed by atoms with E-state index < -0.39 is 12.1 Å². The zero-order valence-corrected chi connectivity index (χ0v) is 14.9. The molecule has 5 heteroatoms. The Morgan fingerprint density at radius 3 is 2.58 bits per heavy atom. The Morgan fingerprint density at radius 1 is 1.25 bits per heavy atom. The van der Waals surface area contributed by atoms with E-state index in [9.17, 15) is 9.59 Å². The molecule has 1 saturated carbocycles. The molecule has 1 aromatic rings. The van der Waals surface area contributed by atoms with Crippen molar-refractivity contribution in [2.75, 3.05) is 0 Å². The van der Waals surface area contributed by atoms with E-state index in [2.05, 4.69) is 12.2 Å². The Kier molecular flexibility index (Phi) is 6.85. The first-order valence-corrected chi connectivity index (χ1v) is 8.78. The molecule has 1 N–H and O–H groups in total. The molecule has 0 aliphatic heterocycles. The lowest BCUT2D eigenvalue weighted by Crippen LogP contribution is -2.45. The third-order valence-electron chi connectivity index (χ3n) is 4.38. The Hall–Kier alpha value is -1.81. The molecule has 1 amide bonds. The van der Waals surface area contributed by atoms with Crippen molar-refractivity contribution in [3.8, 4) is 0 Å². The molecular formula is C19H24ClNO3. The van der Waals surface area contributed by atoms with Crippen LogP contribution in [0.3, 0.4) is 0 Å². The molecule has 0 radical (unpaired) electrons. The van der Waals surface area contributed by atoms with Gasteiger partial charge in [0.05, 0.1) is 0 Å². The van der Waals surface area contributed by atoms with Crippen molar-refractivity contribution in [1.82, 2.24) is 5.32 Å². The topological polar surface area (TPSA) is 55.4 Å². The SMILES string of the molecule is C[C@@H]1CCCC[C@H]1NC(=O)[C@@H](C)OC(=O)/C=C/c1ccc(Cl)cc1. The minimum Gasteiger partial charge on any atom is -0.449 e. The molecule has 0 saturated heterocycles. The molecule has 2 rings (SSSR count). The van der Waals surface area contributed by atoms with Crippen molar-refractivity contribution in [2.45, 2.75) is 51.7 Å². The maximum Gasteiger partial charge on any atom is 0.331 e. The predicted octanol–water partition coefficient (Wildman–Crippen LogP) is 3.98. The van der Waals surface area contributed by atoms with Gasteiger partial charge in [0.15, 0.2) is 6.10 Å². The van der Waals surface area contributed by atoms with Crippen molar-refractivity contribution in [3.05, 3.63) is 40.9 Å². The van der Waals surface area contributed by atoms with E-state index in [1.165, 1.54) is 12.5 Å². The minimum atomic E-state index is -0.804. The number of benzene rings is 1. The highest BCUT2D eigenvalue weighted by atomic mass is 35.5. The fraction of sp³-hybridized carbons (Fsp3) is 0.474. The summed E-state index contributed by atoms with van der Waals surface area (Å²) in [6.45, 7) is 3.74. The van der Waals surface area contributed by atoms with Gasteiger partial charge in [0, 0.05) is 17.1 Å². The molecule has 24 heavy (non-hydrogen) atoms. The molecule has 0 heterocycles. The van der Waals surface area contributed by atoms with Gasteiger partial charge >= 0.3 is 5.97 Å². The molecule has 3 atom stereocenters. The molecular weight excluding hydrogens is 326 g/mol. The number of hydrogen-bond acceptors (Lipinski definition) is 3. The van der Waals surface area contributed by atoms with Gasteiger partial charge in [-0.05, 0) is 49.5 Å². The zero-order chi connectivity index (χ0) is 17.5. The van der Waals surface area contributed by atoms with Crippen molar-refractivity contribution in [2.24, 2.45) is 5.92 Å². The number of carbonyl (C=O) groups excluding carboxylic acids is 2. The average molecular weight is 350 g/mol. The van der Waals surface area contributed by atoms with Crippen LogP contribution in [0.15, 0.2) is 30.3 Å². The van der Waals surface area contributed by atoms with Gasteiger partial charge in [-0.25, -0.2) is 4.79 Å². The quantitative estimate of drug-likeness (QED) is 0.646. The largest absolute Gasteiger partial charge is 0.449 e. The van der Waals surface area contributed by atoms with Gasteiger partial charge in [-0.15, -0.1) is 0 Å². The van der Waals surface area contributed by atoms with Crippen LogP contribution in [0.4, 0.5) is 0 Å². The summed E-state index contributed by atoms with van der Waals surface area (Å²) in [7, 11) is 0. The second-order valence-corrected chi connectivity index (χ2v) is 6.78. The van der Waals surface area contributed by atoms with E-state index in [0.717, 1.165) is 24.8 Å². The zero-order valence-electron chi connectivity index (χ0n) is 14.1. The summed E-state index contributed by atoms with van der Waals surface area (Å²) in [6.07, 6.45) is 6.61. The molecule has 0 bridgehead atoms. The van der Waals surface area contributed by atoms with Gasteiger partial charge in [-0.3, -0.25) is 4.79 Å². The van der Waals surface area contributed by atoms with Crippen LogP contribution in [0.5, 0.6) is 0 Å². The highest BCUT2D eigenvalue weighted by Gasteiger charge is 2.25. The summed E-state index contributed by atoms with van der Waals surface area (Å²) < 4.78 is 5.17. The van der Waals surface area contributed by atoms with Crippen LogP contribution in [0.1, 0.15) is 45.1 Å². The van der Waals surface area contributed by atoms with Crippen LogP contribution in [0.2, 0.25) is 5.02 Å². The highest BCUT2D eigenvalue weighted by molar-refractivity contribution is 6.30. The normalized spacial score (nSPS) is 22.1. The van der Waals surface area contributed by atoms with Crippen molar-refractivity contribution < 1.29 is 14.3 Å². The number of ether oxygens (including phenoxy) is 1. The maximum atomic E-state index is 12.2. The fourth-order valence-electron chi connectivity index (χ4n) is 2.84. The van der Waals surface area contributed by atoms with Gasteiger partial charge < -0.3 is 10.1 Å².